The summed E-state index contributed by atoms with van der Waals surface area (Å²) in [6.07, 6.45) is 1.82. The van der Waals surface area contributed by atoms with E-state index in [0.29, 0.717) is 0 Å². The van der Waals surface area contributed by atoms with Crippen molar-refractivity contribution in [3.05, 3.63) is 30.1 Å². The van der Waals surface area contributed by atoms with Crippen LogP contribution >= 0.6 is 12.4 Å². The maximum Gasteiger partial charge on any atom is 0.120 e. The fraction of sp³-hybridized carbons (Fsp3) is 0.538. The summed E-state index contributed by atoms with van der Waals surface area (Å²) in [6, 6.07) is 6.06. The van der Waals surface area contributed by atoms with Crippen molar-refractivity contribution in [1.82, 2.24) is 15.6 Å². The molecule has 1 aromatic heterocycles. The number of nitrogens with zero attached hydrogens (tertiary/aromatic N) is 2. The molecule has 0 saturated heterocycles. The minimum atomic E-state index is 0. The number of hydrogen-bond acceptors (Lipinski definition) is 4. The summed E-state index contributed by atoms with van der Waals surface area (Å²) in [5.41, 5.74) is 1.04. The molecular formula is C13H21ClN4. The summed E-state index contributed by atoms with van der Waals surface area (Å²) in [5, 5.41) is 6.91. The van der Waals surface area contributed by atoms with Crippen molar-refractivity contribution < 1.29 is 0 Å². The van der Waals surface area contributed by atoms with Crippen LogP contribution in [0.4, 0.5) is 0 Å². The Hall–Kier alpha value is -1.13. The summed E-state index contributed by atoms with van der Waals surface area (Å²) in [4.78, 5) is 8.97. The predicted molar refractivity (Wildman–Crippen MR) is 77.4 cm³/mol. The number of nitrogens with one attached hydrogen (secondary N) is 2. The Labute approximate surface area is 115 Å². The second-order valence-electron chi connectivity index (χ2n) is 5.28. The highest BCUT2D eigenvalue weighted by atomic mass is 35.5. The average molecular weight is 269 g/mol. The average Bonchev–Trinajstić information content (AvgIpc) is 2.29. The first-order valence-corrected chi connectivity index (χ1v) is 6.03. The van der Waals surface area contributed by atoms with E-state index in [0.717, 1.165) is 24.6 Å². The minimum absolute atomic E-state index is 0. The van der Waals surface area contributed by atoms with Gasteiger partial charge < -0.3 is 10.6 Å². The van der Waals surface area contributed by atoms with Gasteiger partial charge in [-0.2, -0.15) is 0 Å². The second-order valence-corrected chi connectivity index (χ2v) is 5.28. The molecule has 18 heavy (non-hydrogen) atoms. The van der Waals surface area contributed by atoms with Crippen molar-refractivity contribution in [2.75, 3.05) is 13.1 Å². The molecule has 2 heterocycles. The van der Waals surface area contributed by atoms with Gasteiger partial charge in [0.05, 0.1) is 12.2 Å². The minimum Gasteiger partial charge on any atom is -0.368 e. The third-order valence-corrected chi connectivity index (χ3v) is 2.50. The van der Waals surface area contributed by atoms with Gasteiger partial charge in [-0.3, -0.25) is 9.98 Å². The van der Waals surface area contributed by atoms with Crippen LogP contribution in [-0.4, -0.2) is 29.4 Å². The smallest absolute Gasteiger partial charge is 0.120 e. The zero-order chi connectivity index (χ0) is 12.3. The van der Waals surface area contributed by atoms with E-state index in [-0.39, 0.29) is 24.0 Å². The Morgan fingerprint density at radius 2 is 2.11 bits per heavy atom. The van der Waals surface area contributed by atoms with Crippen LogP contribution in [0.5, 0.6) is 0 Å². The topological polar surface area (TPSA) is 49.3 Å². The monoisotopic (exact) mass is 268 g/mol. The van der Waals surface area contributed by atoms with Gasteiger partial charge >= 0.3 is 0 Å². The van der Waals surface area contributed by atoms with Crippen LogP contribution in [0.25, 0.3) is 0 Å². The maximum absolute atomic E-state index is 4.58. The molecule has 1 unspecified atom stereocenters. The van der Waals surface area contributed by atoms with Gasteiger partial charge in [0.1, 0.15) is 11.9 Å². The summed E-state index contributed by atoms with van der Waals surface area (Å²) in [5.74, 6) is 0.988. The Kier molecular flexibility index (Phi) is 5.11. The van der Waals surface area contributed by atoms with Crippen LogP contribution in [0, 0.1) is 0 Å². The highest BCUT2D eigenvalue weighted by molar-refractivity contribution is 5.89. The van der Waals surface area contributed by atoms with Gasteiger partial charge in [-0.15, -0.1) is 12.4 Å². The molecule has 1 aromatic rings. The molecule has 0 saturated carbocycles. The molecule has 0 spiro atoms. The third kappa shape index (κ3) is 3.96. The zero-order valence-electron chi connectivity index (χ0n) is 11.1. The van der Waals surface area contributed by atoms with Crippen molar-refractivity contribution in [1.29, 1.82) is 0 Å². The van der Waals surface area contributed by atoms with Crippen molar-refractivity contribution in [2.24, 2.45) is 4.99 Å². The molecule has 0 aromatic carbocycles. The molecule has 0 bridgehead atoms. The van der Waals surface area contributed by atoms with E-state index >= 15 is 0 Å². The zero-order valence-corrected chi connectivity index (χ0v) is 11.9. The lowest BCUT2D eigenvalue weighted by atomic mass is 10.1. The third-order valence-electron chi connectivity index (χ3n) is 2.50. The molecule has 1 atom stereocenters. The lowest BCUT2D eigenvalue weighted by Gasteiger charge is -2.31. The van der Waals surface area contributed by atoms with E-state index in [1.54, 1.807) is 0 Å². The summed E-state index contributed by atoms with van der Waals surface area (Å²) in [7, 11) is 0. The first-order chi connectivity index (χ1) is 8.06. The molecule has 1 aliphatic heterocycles. The van der Waals surface area contributed by atoms with Crippen LogP contribution in [0.15, 0.2) is 29.4 Å². The molecule has 0 amide bonds. The number of aliphatic imine (C=N–C) groups is 1. The molecule has 1 aliphatic rings. The molecule has 2 N–H and O–H groups in total. The van der Waals surface area contributed by atoms with E-state index in [2.05, 4.69) is 41.4 Å². The van der Waals surface area contributed by atoms with Gasteiger partial charge in [0.25, 0.3) is 0 Å². The maximum atomic E-state index is 4.58. The first kappa shape index (κ1) is 14.9. The first-order valence-electron chi connectivity index (χ1n) is 6.03. The predicted octanol–water partition coefficient (Wildman–Crippen LogP) is 1.93. The Morgan fingerprint density at radius 3 is 2.72 bits per heavy atom. The lowest BCUT2D eigenvalue weighted by Crippen LogP contribution is -2.49. The van der Waals surface area contributed by atoms with Gasteiger partial charge in [0.15, 0.2) is 0 Å². The van der Waals surface area contributed by atoms with Gasteiger partial charge in [0.2, 0.25) is 0 Å². The Bertz CT molecular complexity index is 397. The normalized spacial score (nSPS) is 19.7. The van der Waals surface area contributed by atoms with Crippen molar-refractivity contribution in [2.45, 2.75) is 32.4 Å². The lowest BCUT2D eigenvalue weighted by molar-refractivity contribution is 0.481. The Balaban J connectivity index is 0.00000162. The van der Waals surface area contributed by atoms with Gasteiger partial charge in [-0.05, 0) is 32.9 Å². The molecule has 100 valence electrons. The summed E-state index contributed by atoms with van der Waals surface area (Å²) >= 11 is 0. The van der Waals surface area contributed by atoms with E-state index in [9.17, 15) is 0 Å². The van der Waals surface area contributed by atoms with Crippen molar-refractivity contribution in [3.63, 3.8) is 0 Å². The number of amidine groups is 1. The van der Waals surface area contributed by atoms with Gasteiger partial charge in [0, 0.05) is 18.3 Å². The largest absolute Gasteiger partial charge is 0.368 e. The van der Waals surface area contributed by atoms with Crippen LogP contribution in [-0.2, 0) is 0 Å². The van der Waals surface area contributed by atoms with Gasteiger partial charge in [-0.1, -0.05) is 6.07 Å². The number of rotatable bonds is 1. The highest BCUT2D eigenvalue weighted by Gasteiger charge is 2.24. The van der Waals surface area contributed by atoms with Crippen LogP contribution in [0.2, 0.25) is 0 Å². The molecule has 0 fully saturated rings. The van der Waals surface area contributed by atoms with E-state index in [4.69, 9.17) is 0 Å². The number of halogens is 1. The second kappa shape index (κ2) is 6.16. The number of hydrogen-bond donors (Lipinski definition) is 2. The van der Waals surface area contributed by atoms with E-state index < -0.39 is 0 Å². The SMILES string of the molecule is CC(C)(C)NC1=NCCNC1c1ccccn1.Cl. The molecule has 0 radical (unpaired) electrons. The van der Waals surface area contributed by atoms with Crippen LogP contribution in [0.3, 0.4) is 0 Å². The molecule has 5 heteroatoms. The fourth-order valence-electron chi connectivity index (χ4n) is 1.86. The Morgan fingerprint density at radius 1 is 1.33 bits per heavy atom. The molecule has 2 rings (SSSR count). The standard InChI is InChI=1S/C13H20N4.ClH/c1-13(2,3)17-12-11(15-8-9-16-12)10-6-4-5-7-14-10;/h4-7,11,15H,8-9H2,1-3H3,(H,16,17);1H. The van der Waals surface area contributed by atoms with E-state index in [1.165, 1.54) is 0 Å². The molecule has 4 nitrogen and oxygen atoms in total. The quantitative estimate of drug-likeness (QED) is 0.818. The number of pyridine rings is 1. The summed E-state index contributed by atoms with van der Waals surface area (Å²) in [6.45, 7) is 8.14. The number of aromatic nitrogens is 1. The van der Waals surface area contributed by atoms with Crippen molar-refractivity contribution >= 4 is 18.2 Å². The summed E-state index contributed by atoms with van der Waals surface area (Å²) < 4.78 is 0. The molecule has 0 aliphatic carbocycles. The highest BCUT2D eigenvalue weighted by Crippen LogP contribution is 2.15. The van der Waals surface area contributed by atoms with Crippen LogP contribution < -0.4 is 10.6 Å². The van der Waals surface area contributed by atoms with Gasteiger partial charge in [-0.25, -0.2) is 0 Å². The molecular weight excluding hydrogens is 248 g/mol. The van der Waals surface area contributed by atoms with E-state index in [1.807, 2.05) is 24.4 Å². The van der Waals surface area contributed by atoms with Crippen LogP contribution in [0.1, 0.15) is 32.5 Å². The van der Waals surface area contributed by atoms with Crippen molar-refractivity contribution in [3.8, 4) is 0 Å². The fourth-order valence-corrected chi connectivity index (χ4v) is 1.86.